The molecule has 0 amide bonds. The fourth-order valence-electron chi connectivity index (χ4n) is 2.44. The van der Waals surface area contributed by atoms with Gasteiger partial charge in [-0.1, -0.05) is 0 Å². The number of hydrogen-bond acceptors (Lipinski definition) is 5. The molecule has 1 saturated heterocycles. The van der Waals surface area contributed by atoms with Gasteiger partial charge in [0.05, 0.1) is 25.7 Å². The lowest BCUT2D eigenvalue weighted by Crippen LogP contribution is -2.18. The maximum absolute atomic E-state index is 14.2. The Balaban J connectivity index is 2.45. The Kier molecular flexibility index (Phi) is 3.99. The van der Waals surface area contributed by atoms with Gasteiger partial charge in [-0.15, -0.1) is 0 Å². The van der Waals surface area contributed by atoms with Crippen molar-refractivity contribution in [3.8, 4) is 17.2 Å². The molecule has 2 rings (SSSR count). The first-order valence-corrected chi connectivity index (χ1v) is 6.09. The van der Waals surface area contributed by atoms with Gasteiger partial charge in [-0.25, -0.2) is 4.39 Å². The highest BCUT2D eigenvalue weighted by Crippen LogP contribution is 2.43. The molecule has 0 radical (unpaired) electrons. The van der Waals surface area contributed by atoms with Gasteiger partial charge in [-0.2, -0.15) is 0 Å². The molecule has 7 heteroatoms. The molecule has 0 bridgehead atoms. The van der Waals surface area contributed by atoms with Crippen LogP contribution in [0.3, 0.4) is 0 Å². The molecular weight excluding hydrogens is 269 g/mol. The van der Waals surface area contributed by atoms with Crippen LogP contribution in [0.2, 0.25) is 0 Å². The Bertz CT molecular complexity index is 534. The van der Waals surface area contributed by atoms with E-state index >= 15 is 0 Å². The SMILES string of the molecule is COc1cc(O)c(F)c(C2CC(C(=O)O)CN2)c1OC. The number of phenolic OH excluding ortho intramolecular Hbond substituents is 1. The molecule has 1 aromatic carbocycles. The summed E-state index contributed by atoms with van der Waals surface area (Å²) in [6.07, 6.45) is 0.217. The van der Waals surface area contributed by atoms with Crippen molar-refractivity contribution >= 4 is 5.97 Å². The number of rotatable bonds is 4. The van der Waals surface area contributed by atoms with E-state index in [0.717, 1.165) is 6.07 Å². The van der Waals surface area contributed by atoms with Gasteiger partial charge in [-0.05, 0) is 6.42 Å². The molecule has 2 unspecified atom stereocenters. The summed E-state index contributed by atoms with van der Waals surface area (Å²) in [5.74, 6) is -2.57. The zero-order valence-electron chi connectivity index (χ0n) is 11.1. The zero-order valence-corrected chi connectivity index (χ0v) is 11.1. The van der Waals surface area contributed by atoms with Gasteiger partial charge in [0.2, 0.25) is 0 Å². The van der Waals surface area contributed by atoms with Crippen LogP contribution < -0.4 is 14.8 Å². The molecule has 110 valence electrons. The monoisotopic (exact) mass is 285 g/mol. The molecule has 3 N–H and O–H groups in total. The van der Waals surface area contributed by atoms with Gasteiger partial charge < -0.3 is 25.0 Å². The van der Waals surface area contributed by atoms with Crippen LogP contribution in [0.1, 0.15) is 18.0 Å². The average Bonchev–Trinajstić information content (AvgIpc) is 2.90. The fraction of sp³-hybridized carbons (Fsp3) is 0.462. The number of hydrogen-bond donors (Lipinski definition) is 3. The Morgan fingerprint density at radius 2 is 2.15 bits per heavy atom. The summed E-state index contributed by atoms with van der Waals surface area (Å²) in [5.41, 5.74) is 0.0908. The Morgan fingerprint density at radius 3 is 2.65 bits per heavy atom. The van der Waals surface area contributed by atoms with Crippen LogP contribution in [0.5, 0.6) is 17.2 Å². The highest BCUT2D eigenvalue weighted by Gasteiger charge is 2.35. The number of halogens is 1. The third-order valence-corrected chi connectivity index (χ3v) is 3.45. The molecule has 20 heavy (non-hydrogen) atoms. The first kappa shape index (κ1) is 14.4. The van der Waals surface area contributed by atoms with Crippen molar-refractivity contribution in [3.63, 3.8) is 0 Å². The first-order valence-electron chi connectivity index (χ1n) is 6.09. The van der Waals surface area contributed by atoms with Crippen molar-refractivity contribution in [2.75, 3.05) is 20.8 Å². The van der Waals surface area contributed by atoms with Gasteiger partial charge in [0, 0.05) is 18.7 Å². The van der Waals surface area contributed by atoms with Gasteiger partial charge >= 0.3 is 5.97 Å². The summed E-state index contributed by atoms with van der Waals surface area (Å²) in [5, 5.41) is 21.5. The summed E-state index contributed by atoms with van der Waals surface area (Å²) in [4.78, 5) is 11.0. The number of methoxy groups -OCH3 is 2. The predicted molar refractivity (Wildman–Crippen MR) is 67.7 cm³/mol. The van der Waals surface area contributed by atoms with Crippen LogP contribution in [-0.2, 0) is 4.79 Å². The first-order chi connectivity index (χ1) is 9.49. The third kappa shape index (κ3) is 2.36. The fourth-order valence-corrected chi connectivity index (χ4v) is 2.44. The minimum Gasteiger partial charge on any atom is -0.505 e. The summed E-state index contributed by atoms with van der Waals surface area (Å²) >= 11 is 0. The second kappa shape index (κ2) is 5.54. The van der Waals surface area contributed by atoms with E-state index in [9.17, 15) is 14.3 Å². The van der Waals surface area contributed by atoms with Crippen molar-refractivity contribution in [3.05, 3.63) is 17.4 Å². The largest absolute Gasteiger partial charge is 0.505 e. The maximum Gasteiger partial charge on any atom is 0.307 e. The molecular formula is C13H16FNO5. The zero-order chi connectivity index (χ0) is 14.9. The number of benzene rings is 1. The van der Waals surface area contributed by atoms with Crippen LogP contribution in [0, 0.1) is 11.7 Å². The Hall–Kier alpha value is -2.02. The maximum atomic E-state index is 14.2. The number of ether oxygens (including phenoxy) is 2. The van der Waals surface area contributed by atoms with E-state index in [1.807, 2.05) is 0 Å². The van der Waals surface area contributed by atoms with Crippen LogP contribution in [0.15, 0.2) is 6.07 Å². The minimum atomic E-state index is -0.938. The van der Waals surface area contributed by atoms with Crippen LogP contribution in [-0.4, -0.2) is 36.9 Å². The standard InChI is InChI=1S/C13H16FNO5/c1-19-9-4-8(16)11(14)10(12(9)20-2)7-3-6(5-15-7)13(17)18/h4,6-7,15-16H,3,5H2,1-2H3,(H,17,18). The number of carboxylic acid groups (broad SMARTS) is 1. The highest BCUT2D eigenvalue weighted by atomic mass is 19.1. The quantitative estimate of drug-likeness (QED) is 0.772. The van der Waals surface area contributed by atoms with Crippen LogP contribution in [0.4, 0.5) is 4.39 Å². The molecule has 1 fully saturated rings. The average molecular weight is 285 g/mol. The van der Waals surface area contributed by atoms with Crippen molar-refractivity contribution in [2.24, 2.45) is 5.92 Å². The summed E-state index contributed by atoms with van der Waals surface area (Å²) in [6, 6.07) is 0.577. The van der Waals surface area contributed by atoms with Gasteiger partial charge in [0.1, 0.15) is 0 Å². The molecule has 0 saturated carbocycles. The molecule has 1 aliphatic rings. The van der Waals surface area contributed by atoms with E-state index < -0.39 is 29.5 Å². The van der Waals surface area contributed by atoms with E-state index in [2.05, 4.69) is 5.32 Å². The minimum absolute atomic E-state index is 0.0908. The summed E-state index contributed by atoms with van der Waals surface area (Å²) in [6.45, 7) is 0.237. The number of aliphatic carboxylic acids is 1. The van der Waals surface area contributed by atoms with Gasteiger partial charge in [0.15, 0.2) is 23.1 Å². The Morgan fingerprint density at radius 1 is 1.45 bits per heavy atom. The second-order valence-electron chi connectivity index (χ2n) is 4.59. The molecule has 1 aliphatic heterocycles. The van der Waals surface area contributed by atoms with Crippen molar-refractivity contribution in [1.82, 2.24) is 5.32 Å². The molecule has 1 heterocycles. The second-order valence-corrected chi connectivity index (χ2v) is 4.59. The smallest absolute Gasteiger partial charge is 0.307 e. The van der Waals surface area contributed by atoms with Crippen molar-refractivity contribution in [1.29, 1.82) is 0 Å². The lowest BCUT2D eigenvalue weighted by molar-refractivity contribution is -0.141. The molecule has 0 aliphatic carbocycles. The van der Waals surface area contributed by atoms with E-state index in [0.29, 0.717) is 0 Å². The molecule has 0 aromatic heterocycles. The van der Waals surface area contributed by atoms with E-state index in [-0.39, 0.29) is 30.0 Å². The highest BCUT2D eigenvalue weighted by molar-refractivity contribution is 5.71. The predicted octanol–water partition coefficient (Wildman–Crippen LogP) is 1.28. The number of carbonyl (C=O) groups is 1. The molecule has 2 atom stereocenters. The van der Waals surface area contributed by atoms with E-state index in [1.165, 1.54) is 14.2 Å². The molecule has 1 aromatic rings. The lowest BCUT2D eigenvalue weighted by Gasteiger charge is -2.19. The Labute approximate surface area is 115 Å². The molecule has 0 spiro atoms. The number of aromatic hydroxyl groups is 1. The molecule has 6 nitrogen and oxygen atoms in total. The lowest BCUT2D eigenvalue weighted by atomic mass is 9.98. The van der Waals surface area contributed by atoms with Crippen LogP contribution in [0.25, 0.3) is 0 Å². The van der Waals surface area contributed by atoms with Crippen molar-refractivity contribution in [2.45, 2.75) is 12.5 Å². The van der Waals surface area contributed by atoms with Crippen molar-refractivity contribution < 1.29 is 28.9 Å². The normalized spacial score (nSPS) is 21.8. The third-order valence-electron chi connectivity index (χ3n) is 3.45. The van der Waals surface area contributed by atoms with Gasteiger partial charge in [0.25, 0.3) is 0 Å². The van der Waals surface area contributed by atoms with E-state index in [4.69, 9.17) is 14.6 Å². The van der Waals surface area contributed by atoms with Crippen LogP contribution >= 0.6 is 0 Å². The number of carboxylic acids is 1. The summed E-state index contributed by atoms with van der Waals surface area (Å²) in [7, 11) is 2.74. The topological polar surface area (TPSA) is 88.0 Å². The number of nitrogens with one attached hydrogen (secondary N) is 1. The summed E-state index contributed by atoms with van der Waals surface area (Å²) < 4.78 is 24.4. The van der Waals surface area contributed by atoms with E-state index in [1.54, 1.807) is 0 Å². The van der Waals surface area contributed by atoms with Gasteiger partial charge in [-0.3, -0.25) is 4.79 Å². The number of phenols is 1.